The maximum Gasteiger partial charge on any atom is 0.306 e. The van der Waals surface area contributed by atoms with Crippen molar-refractivity contribution in [3.8, 4) is 11.5 Å². The van der Waals surface area contributed by atoms with Crippen LogP contribution < -0.4 is 14.4 Å². The van der Waals surface area contributed by atoms with E-state index in [1.54, 1.807) is 48.5 Å². The van der Waals surface area contributed by atoms with E-state index >= 15 is 0 Å². The summed E-state index contributed by atoms with van der Waals surface area (Å²) in [5, 5.41) is 8.70. The number of amides is 1. The molecule has 0 bridgehead atoms. The Morgan fingerprint density at radius 1 is 1.17 bits per heavy atom. The SMILES string of the molecule is CCOc1ccc(N2C(=O)/C(=C\c3cccc(OCCC(=O)O)c3)SC2=S)cc1. The van der Waals surface area contributed by atoms with Gasteiger partial charge in [0.05, 0.1) is 30.2 Å². The number of anilines is 1. The highest BCUT2D eigenvalue weighted by Crippen LogP contribution is 2.36. The molecular formula is C21H19NO5S2. The van der Waals surface area contributed by atoms with Crippen molar-refractivity contribution < 1.29 is 24.2 Å². The normalized spacial score (nSPS) is 15.1. The highest BCUT2D eigenvalue weighted by Gasteiger charge is 2.33. The number of rotatable bonds is 8. The first-order valence-electron chi connectivity index (χ1n) is 8.93. The number of nitrogens with zero attached hydrogens (tertiary/aromatic N) is 1. The molecular weight excluding hydrogens is 410 g/mol. The van der Waals surface area contributed by atoms with Crippen LogP contribution in [0.15, 0.2) is 53.4 Å². The molecule has 0 aliphatic carbocycles. The minimum Gasteiger partial charge on any atom is -0.494 e. The third kappa shape index (κ3) is 5.36. The lowest BCUT2D eigenvalue weighted by Crippen LogP contribution is -2.27. The van der Waals surface area contributed by atoms with E-state index in [1.807, 2.05) is 13.0 Å². The quantitative estimate of drug-likeness (QED) is 0.494. The molecule has 1 saturated heterocycles. The molecule has 0 aromatic heterocycles. The predicted octanol–water partition coefficient (Wildman–Crippen LogP) is 4.34. The fourth-order valence-corrected chi connectivity index (χ4v) is 3.95. The van der Waals surface area contributed by atoms with Crippen molar-refractivity contribution in [3.63, 3.8) is 0 Å². The summed E-state index contributed by atoms with van der Waals surface area (Å²) >= 11 is 6.63. The maximum absolute atomic E-state index is 12.9. The number of thiocarbonyl (C=S) groups is 1. The van der Waals surface area contributed by atoms with E-state index in [0.29, 0.717) is 27.3 Å². The summed E-state index contributed by atoms with van der Waals surface area (Å²) in [7, 11) is 0. The van der Waals surface area contributed by atoms with E-state index < -0.39 is 5.97 Å². The monoisotopic (exact) mass is 429 g/mol. The van der Waals surface area contributed by atoms with E-state index in [0.717, 1.165) is 11.3 Å². The number of carboxylic acids is 1. The third-order valence-corrected chi connectivity index (χ3v) is 5.24. The molecule has 1 aliphatic heterocycles. The molecule has 0 spiro atoms. The molecule has 1 aliphatic rings. The molecule has 29 heavy (non-hydrogen) atoms. The summed E-state index contributed by atoms with van der Waals surface area (Å²) in [5.74, 6) is 0.166. The van der Waals surface area contributed by atoms with Gasteiger partial charge in [0, 0.05) is 0 Å². The predicted molar refractivity (Wildman–Crippen MR) is 117 cm³/mol. The van der Waals surface area contributed by atoms with Crippen molar-refractivity contribution in [2.75, 3.05) is 18.1 Å². The zero-order chi connectivity index (χ0) is 20.8. The fourth-order valence-electron chi connectivity index (χ4n) is 2.65. The first-order valence-corrected chi connectivity index (χ1v) is 10.2. The van der Waals surface area contributed by atoms with Crippen LogP contribution in [0, 0.1) is 0 Å². The van der Waals surface area contributed by atoms with E-state index in [1.165, 1.54) is 16.7 Å². The molecule has 2 aromatic carbocycles. The van der Waals surface area contributed by atoms with Gasteiger partial charge < -0.3 is 14.6 Å². The van der Waals surface area contributed by atoms with Gasteiger partial charge in [0.25, 0.3) is 5.91 Å². The standard InChI is InChI=1S/C21H19NO5S2/c1-2-26-16-8-6-15(7-9-16)22-20(25)18(29-21(22)28)13-14-4-3-5-17(12-14)27-11-10-19(23)24/h3-9,12-13H,2,10-11H2,1H3,(H,23,24)/b18-13+. The lowest BCUT2D eigenvalue weighted by atomic mass is 10.2. The fraction of sp³-hybridized carbons (Fsp3) is 0.190. The average molecular weight is 430 g/mol. The van der Waals surface area contributed by atoms with E-state index in [9.17, 15) is 9.59 Å². The number of benzene rings is 2. The first-order chi connectivity index (χ1) is 14.0. The molecule has 1 fully saturated rings. The Labute approximate surface area is 178 Å². The zero-order valence-electron chi connectivity index (χ0n) is 15.7. The highest BCUT2D eigenvalue weighted by molar-refractivity contribution is 8.27. The molecule has 0 radical (unpaired) electrons. The van der Waals surface area contributed by atoms with Crippen molar-refractivity contribution in [3.05, 3.63) is 59.0 Å². The molecule has 0 saturated carbocycles. The Balaban J connectivity index is 1.75. The average Bonchev–Trinajstić information content (AvgIpc) is 2.96. The van der Waals surface area contributed by atoms with Crippen molar-refractivity contribution in [2.45, 2.75) is 13.3 Å². The Morgan fingerprint density at radius 2 is 1.93 bits per heavy atom. The second-order valence-corrected chi connectivity index (χ2v) is 7.68. The Hall–Kier alpha value is -2.84. The summed E-state index contributed by atoms with van der Waals surface area (Å²) in [5.41, 5.74) is 1.45. The van der Waals surface area contributed by atoms with Crippen LogP contribution in [-0.4, -0.2) is 34.5 Å². The summed E-state index contributed by atoms with van der Waals surface area (Å²) in [6, 6.07) is 14.3. The molecule has 1 amide bonds. The maximum atomic E-state index is 12.9. The largest absolute Gasteiger partial charge is 0.494 e. The number of carbonyl (C=O) groups is 2. The van der Waals surface area contributed by atoms with Gasteiger partial charge in [-0.1, -0.05) is 36.1 Å². The number of hydrogen-bond acceptors (Lipinski definition) is 6. The van der Waals surface area contributed by atoms with Crippen LogP contribution in [0.1, 0.15) is 18.9 Å². The van der Waals surface area contributed by atoms with Gasteiger partial charge in [-0.15, -0.1) is 0 Å². The molecule has 0 unspecified atom stereocenters. The minimum atomic E-state index is -0.917. The van der Waals surface area contributed by atoms with Gasteiger partial charge >= 0.3 is 5.97 Å². The van der Waals surface area contributed by atoms with Gasteiger partial charge in [-0.2, -0.15) is 0 Å². The Morgan fingerprint density at radius 3 is 2.62 bits per heavy atom. The summed E-state index contributed by atoms with van der Waals surface area (Å²) in [4.78, 5) is 25.5. The number of ether oxygens (including phenoxy) is 2. The van der Waals surface area contributed by atoms with Crippen molar-refractivity contribution in [1.29, 1.82) is 0 Å². The molecule has 8 heteroatoms. The van der Waals surface area contributed by atoms with E-state index in [2.05, 4.69) is 0 Å². The van der Waals surface area contributed by atoms with Crippen molar-refractivity contribution >= 4 is 51.9 Å². The first kappa shape index (κ1) is 20.9. The van der Waals surface area contributed by atoms with Crippen LogP contribution in [0.3, 0.4) is 0 Å². The minimum absolute atomic E-state index is 0.0784. The summed E-state index contributed by atoms with van der Waals surface area (Å²) in [6.45, 7) is 2.56. The lowest BCUT2D eigenvalue weighted by Gasteiger charge is -2.15. The molecule has 3 rings (SSSR count). The number of hydrogen-bond donors (Lipinski definition) is 1. The summed E-state index contributed by atoms with van der Waals surface area (Å²) < 4.78 is 11.3. The lowest BCUT2D eigenvalue weighted by molar-refractivity contribution is -0.137. The van der Waals surface area contributed by atoms with E-state index in [4.69, 9.17) is 26.8 Å². The molecule has 2 aromatic rings. The van der Waals surface area contributed by atoms with Crippen molar-refractivity contribution in [1.82, 2.24) is 0 Å². The van der Waals surface area contributed by atoms with E-state index in [-0.39, 0.29) is 18.9 Å². The van der Waals surface area contributed by atoms with Gasteiger partial charge in [0.2, 0.25) is 0 Å². The molecule has 6 nitrogen and oxygen atoms in total. The van der Waals surface area contributed by atoms with Gasteiger partial charge in [-0.3, -0.25) is 14.5 Å². The van der Waals surface area contributed by atoms with Crippen molar-refractivity contribution in [2.24, 2.45) is 0 Å². The molecule has 0 atom stereocenters. The van der Waals surface area contributed by atoms with Crippen LogP contribution in [0.2, 0.25) is 0 Å². The molecule has 1 heterocycles. The number of carbonyl (C=O) groups excluding carboxylic acids is 1. The third-order valence-electron chi connectivity index (χ3n) is 3.94. The second-order valence-electron chi connectivity index (χ2n) is 6.01. The second kappa shape index (κ2) is 9.58. The smallest absolute Gasteiger partial charge is 0.306 e. The zero-order valence-corrected chi connectivity index (χ0v) is 17.3. The Bertz CT molecular complexity index is 956. The van der Waals surface area contributed by atoms with Crippen LogP contribution in [0.4, 0.5) is 5.69 Å². The van der Waals surface area contributed by atoms with Crippen LogP contribution in [-0.2, 0) is 9.59 Å². The number of aliphatic carboxylic acids is 1. The van der Waals surface area contributed by atoms with Gasteiger partial charge in [0.1, 0.15) is 11.5 Å². The topological polar surface area (TPSA) is 76.1 Å². The number of thioether (sulfide) groups is 1. The van der Waals surface area contributed by atoms with Gasteiger partial charge in [0.15, 0.2) is 4.32 Å². The van der Waals surface area contributed by atoms with Crippen LogP contribution >= 0.6 is 24.0 Å². The van der Waals surface area contributed by atoms with Gasteiger partial charge in [-0.05, 0) is 55.0 Å². The van der Waals surface area contributed by atoms with Crippen LogP contribution in [0.25, 0.3) is 6.08 Å². The Kier molecular flexibility index (Phi) is 6.90. The summed E-state index contributed by atoms with van der Waals surface area (Å²) in [6.07, 6.45) is 1.67. The van der Waals surface area contributed by atoms with Gasteiger partial charge in [-0.25, -0.2) is 0 Å². The highest BCUT2D eigenvalue weighted by atomic mass is 32.2. The molecule has 1 N–H and O–H groups in total. The number of carboxylic acid groups (broad SMARTS) is 1. The van der Waals surface area contributed by atoms with Crippen LogP contribution in [0.5, 0.6) is 11.5 Å². The molecule has 150 valence electrons.